The van der Waals surface area contributed by atoms with Gasteiger partial charge in [0, 0.05) is 12.5 Å². The third-order valence-corrected chi connectivity index (χ3v) is 2.59. The van der Waals surface area contributed by atoms with Gasteiger partial charge in [-0.15, -0.1) is 0 Å². The smallest absolute Gasteiger partial charge is 0.332 e. The number of ether oxygens (including phenoxy) is 1. The molecule has 0 fully saturated rings. The molecule has 0 aromatic rings. The molecule has 82 valence electrons. The lowest BCUT2D eigenvalue weighted by atomic mass is 10.3. The third-order valence-electron chi connectivity index (χ3n) is 1.48. The number of hydrogen-bond acceptors (Lipinski definition) is 2. The van der Waals surface area contributed by atoms with Gasteiger partial charge in [-0.2, -0.15) is 0 Å². The number of carbonyl (C=O) groups is 1. The first kappa shape index (κ1) is 14.2. The predicted molar refractivity (Wildman–Crippen MR) is 65.6 cm³/mol. The topological polar surface area (TPSA) is 26.3 Å². The fourth-order valence-electron chi connectivity index (χ4n) is 0.846. The van der Waals surface area contributed by atoms with Crippen molar-refractivity contribution in [3.63, 3.8) is 0 Å². The lowest BCUT2D eigenvalue weighted by molar-refractivity contribution is -0.140. The van der Waals surface area contributed by atoms with Crippen molar-refractivity contribution >= 4 is 37.8 Å². The molecule has 4 heteroatoms. The molecule has 0 amide bonds. The third kappa shape index (κ3) is 7.56. The molecule has 0 aromatic carbocycles. The van der Waals surface area contributed by atoms with Gasteiger partial charge in [-0.25, -0.2) is 4.79 Å². The second-order valence-electron chi connectivity index (χ2n) is 3.38. The first-order valence-corrected chi connectivity index (χ1v) is 6.21. The van der Waals surface area contributed by atoms with E-state index in [2.05, 4.69) is 38.8 Å². The zero-order valence-electron chi connectivity index (χ0n) is 8.77. The summed E-state index contributed by atoms with van der Waals surface area (Å²) < 4.78 is 4.46. The summed E-state index contributed by atoms with van der Waals surface area (Å²) in [6.45, 7) is 5.81. The van der Waals surface area contributed by atoms with Gasteiger partial charge in [0.1, 0.15) is 0 Å². The highest BCUT2D eigenvalue weighted by Gasteiger charge is 2.25. The van der Waals surface area contributed by atoms with Crippen molar-refractivity contribution in [2.24, 2.45) is 0 Å². The lowest BCUT2D eigenvalue weighted by Gasteiger charge is -2.19. The van der Waals surface area contributed by atoms with E-state index in [-0.39, 0.29) is 5.97 Å². The molecule has 0 spiro atoms. The van der Waals surface area contributed by atoms with Crippen molar-refractivity contribution in [3.8, 4) is 0 Å². The quantitative estimate of drug-likeness (QED) is 0.431. The van der Waals surface area contributed by atoms with Crippen LogP contribution in [0, 0.1) is 0 Å². The van der Waals surface area contributed by atoms with Crippen molar-refractivity contribution in [2.45, 2.75) is 43.5 Å². The molecule has 0 aliphatic carbocycles. The molecule has 0 heterocycles. The number of carbonyl (C=O) groups excluding carboxylic acids is 1. The lowest BCUT2D eigenvalue weighted by Crippen LogP contribution is -2.20. The van der Waals surface area contributed by atoms with Gasteiger partial charge in [0.05, 0.1) is 0 Å². The van der Waals surface area contributed by atoms with Gasteiger partial charge in [-0.05, 0) is 52.1 Å². The van der Waals surface area contributed by atoms with Crippen molar-refractivity contribution in [3.05, 3.63) is 11.6 Å². The minimum absolute atomic E-state index is 0.324. The summed E-state index contributed by atoms with van der Waals surface area (Å²) in [5, 5.41) is 0. The molecule has 0 bridgehead atoms. The number of rotatable bonds is 5. The molecule has 0 saturated carbocycles. The summed E-state index contributed by atoms with van der Waals surface area (Å²) in [4.78, 5) is 11.3. The van der Waals surface area contributed by atoms with Crippen LogP contribution in [0.1, 0.15) is 40.0 Å². The van der Waals surface area contributed by atoms with Gasteiger partial charge in [0.25, 0.3) is 0 Å². The molecule has 0 N–H and O–H groups in total. The van der Waals surface area contributed by atoms with E-state index in [1.807, 2.05) is 13.8 Å². The second kappa shape index (κ2) is 6.62. The fourth-order valence-corrected chi connectivity index (χ4v) is 1.73. The van der Waals surface area contributed by atoms with Crippen LogP contribution in [0.5, 0.6) is 0 Å². The number of hydrogen-bond donors (Lipinski definition) is 0. The molecule has 0 unspecified atom stereocenters. The van der Waals surface area contributed by atoms with Crippen molar-refractivity contribution in [2.75, 3.05) is 0 Å². The average molecular weight is 328 g/mol. The minimum Gasteiger partial charge on any atom is -0.434 e. The van der Waals surface area contributed by atoms with E-state index in [4.69, 9.17) is 4.74 Å². The normalized spacial score (nSPS) is 10.9. The van der Waals surface area contributed by atoms with Crippen LogP contribution in [0.25, 0.3) is 0 Å². The van der Waals surface area contributed by atoms with Crippen LogP contribution in [0.4, 0.5) is 0 Å². The average Bonchev–Trinajstić information content (AvgIpc) is 1.98. The Labute approximate surface area is 102 Å². The Bertz CT molecular complexity index is 218. The highest BCUT2D eigenvalue weighted by atomic mass is 79.9. The summed E-state index contributed by atoms with van der Waals surface area (Å²) >= 11 is 6.64. The highest BCUT2D eigenvalue weighted by Crippen LogP contribution is 2.33. The molecule has 0 radical (unpaired) electrons. The van der Waals surface area contributed by atoms with E-state index in [1.165, 1.54) is 6.08 Å². The van der Waals surface area contributed by atoms with Crippen molar-refractivity contribution in [1.29, 1.82) is 0 Å². The molecule has 14 heavy (non-hydrogen) atoms. The van der Waals surface area contributed by atoms with E-state index >= 15 is 0 Å². The van der Waals surface area contributed by atoms with E-state index in [1.54, 1.807) is 0 Å². The number of allylic oxidation sites excluding steroid dienone is 1. The van der Waals surface area contributed by atoms with Gasteiger partial charge in [-0.3, -0.25) is 0 Å². The summed E-state index contributed by atoms with van der Waals surface area (Å²) in [7, 11) is 0. The second-order valence-corrected chi connectivity index (χ2v) is 7.01. The Kier molecular flexibility index (Phi) is 6.70. The van der Waals surface area contributed by atoms with E-state index < -0.39 is 3.42 Å². The van der Waals surface area contributed by atoms with Crippen LogP contribution in [0.2, 0.25) is 0 Å². The highest BCUT2D eigenvalue weighted by molar-refractivity contribution is 9.25. The number of halogens is 2. The maximum absolute atomic E-state index is 11.3. The Balaban J connectivity index is 4.08. The monoisotopic (exact) mass is 326 g/mol. The number of esters is 1. The van der Waals surface area contributed by atoms with Gasteiger partial charge < -0.3 is 4.74 Å². The van der Waals surface area contributed by atoms with Crippen LogP contribution in [0.3, 0.4) is 0 Å². The SMILES string of the molecule is CCCCC(Br)(Br)OC(=O)C=C(C)C. The Morgan fingerprint density at radius 2 is 2.00 bits per heavy atom. The molecule has 0 aromatic heterocycles. The maximum atomic E-state index is 11.3. The van der Waals surface area contributed by atoms with Gasteiger partial charge in [0.15, 0.2) is 0 Å². The summed E-state index contributed by atoms with van der Waals surface area (Å²) in [6, 6.07) is 0. The van der Waals surface area contributed by atoms with E-state index in [0.717, 1.165) is 24.8 Å². The first-order valence-electron chi connectivity index (χ1n) is 4.63. The fraction of sp³-hybridized carbons (Fsp3) is 0.700. The standard InChI is InChI=1S/C10H16Br2O2/c1-4-5-6-10(11,12)14-9(13)7-8(2)3/h7H,4-6H2,1-3H3. The predicted octanol–water partition coefficient (Wildman–Crippen LogP) is 4.13. The van der Waals surface area contributed by atoms with Crippen molar-refractivity contribution in [1.82, 2.24) is 0 Å². The van der Waals surface area contributed by atoms with E-state index in [0.29, 0.717) is 0 Å². The number of unbranched alkanes of at least 4 members (excludes halogenated alkanes) is 1. The van der Waals surface area contributed by atoms with Gasteiger partial charge in [-0.1, -0.05) is 18.9 Å². The Morgan fingerprint density at radius 3 is 2.43 bits per heavy atom. The molecule has 0 aliphatic heterocycles. The van der Waals surface area contributed by atoms with E-state index in [9.17, 15) is 4.79 Å². The summed E-state index contributed by atoms with van der Waals surface area (Å²) in [5.41, 5.74) is 0.932. The molecule has 0 atom stereocenters. The summed E-state index contributed by atoms with van der Waals surface area (Å²) in [5.74, 6) is -0.324. The molecule has 0 aliphatic rings. The molecule has 0 rings (SSSR count). The van der Waals surface area contributed by atoms with Gasteiger partial charge in [0.2, 0.25) is 3.42 Å². The Morgan fingerprint density at radius 1 is 1.43 bits per heavy atom. The van der Waals surface area contributed by atoms with Crippen molar-refractivity contribution < 1.29 is 9.53 Å². The first-order chi connectivity index (χ1) is 6.37. The zero-order chi connectivity index (χ0) is 11.2. The van der Waals surface area contributed by atoms with Crippen LogP contribution in [0.15, 0.2) is 11.6 Å². The molecule has 2 nitrogen and oxygen atoms in total. The minimum atomic E-state index is -0.709. The van der Waals surface area contributed by atoms with Gasteiger partial charge >= 0.3 is 5.97 Å². The molecule has 0 saturated heterocycles. The Hall–Kier alpha value is 0.170. The summed E-state index contributed by atoms with van der Waals surface area (Å²) in [6.07, 6.45) is 4.30. The number of alkyl halides is 2. The van der Waals surface area contributed by atoms with Crippen LogP contribution < -0.4 is 0 Å². The molecular weight excluding hydrogens is 312 g/mol. The van der Waals surface area contributed by atoms with Crippen LogP contribution in [-0.2, 0) is 9.53 Å². The molecular formula is C10H16Br2O2. The zero-order valence-corrected chi connectivity index (χ0v) is 11.9. The largest absolute Gasteiger partial charge is 0.434 e. The van der Waals surface area contributed by atoms with Crippen LogP contribution >= 0.6 is 31.9 Å². The van der Waals surface area contributed by atoms with Crippen LogP contribution in [-0.4, -0.2) is 9.39 Å². The maximum Gasteiger partial charge on any atom is 0.332 e.